The van der Waals surface area contributed by atoms with Crippen molar-refractivity contribution in [1.82, 2.24) is 5.32 Å². The van der Waals surface area contributed by atoms with Gasteiger partial charge in [-0.15, -0.1) is 0 Å². The number of carbonyl (C=O) groups is 1. The number of hydrogen-bond acceptors (Lipinski definition) is 18. The second-order valence-electron chi connectivity index (χ2n) is 31.7. The van der Waals surface area contributed by atoms with Crippen LogP contribution in [-0.2, 0) is 33.2 Å². The SMILES string of the molecule is CC/C=C\C/C=C\C/C=C\C/C=C\C/C=C\C/C=C\C/C=C\C/C=C\CCCCCCCCCCCCCCC(=O)NC(COC1OC(CO)C(OC2OC(CO)C(OC3OC(CO)C(O)C(O)C3O)C(O)C2O)C(O)C1O)C(O)/C=C/CC/C=C/CCCCCCCCCCCCCCCCCCCCCCCCCCC. The molecular formula is C94H163NO18. The highest BCUT2D eigenvalue weighted by Crippen LogP contribution is 2.33. The van der Waals surface area contributed by atoms with Crippen LogP contribution < -0.4 is 5.32 Å². The highest BCUT2D eigenvalue weighted by molar-refractivity contribution is 5.76. The van der Waals surface area contributed by atoms with E-state index in [9.17, 15) is 61.0 Å². The summed E-state index contributed by atoms with van der Waals surface area (Å²) in [5, 5.41) is 121. The number of carbonyl (C=O) groups excluding carboxylic acids is 1. The van der Waals surface area contributed by atoms with Crippen LogP contribution >= 0.6 is 0 Å². The number of aliphatic hydroxyl groups is 11. The van der Waals surface area contributed by atoms with Crippen molar-refractivity contribution in [2.45, 2.75) is 439 Å². The number of amides is 1. The van der Waals surface area contributed by atoms with Gasteiger partial charge in [0.15, 0.2) is 18.9 Å². The molecule has 0 aromatic heterocycles. The Bertz CT molecular complexity index is 2510. The first kappa shape index (κ1) is 103. The minimum atomic E-state index is -1.99. The molecule has 19 nitrogen and oxygen atoms in total. The second kappa shape index (κ2) is 72.2. The van der Waals surface area contributed by atoms with E-state index in [1.165, 1.54) is 199 Å². The number of unbranched alkanes of at least 4 members (excludes halogenated alkanes) is 38. The quantitative estimate of drug-likeness (QED) is 0.0199. The summed E-state index contributed by atoms with van der Waals surface area (Å²) in [5.74, 6) is -0.288. The van der Waals surface area contributed by atoms with E-state index < -0.39 is 124 Å². The normalized spacial score (nSPS) is 25.4. The van der Waals surface area contributed by atoms with Crippen molar-refractivity contribution in [3.05, 3.63) is 122 Å². The molecule has 0 bridgehead atoms. The number of hydrogen-bond donors (Lipinski definition) is 12. The van der Waals surface area contributed by atoms with Crippen molar-refractivity contribution in [2.75, 3.05) is 26.4 Å². The van der Waals surface area contributed by atoms with Gasteiger partial charge in [0.25, 0.3) is 0 Å². The van der Waals surface area contributed by atoms with Crippen molar-refractivity contribution in [1.29, 1.82) is 0 Å². The van der Waals surface area contributed by atoms with Crippen molar-refractivity contribution < 1.29 is 89.4 Å². The lowest BCUT2D eigenvalue weighted by Crippen LogP contribution is -2.66. The fourth-order valence-corrected chi connectivity index (χ4v) is 14.6. The number of rotatable bonds is 72. The molecule has 1 amide bonds. The molecule has 3 saturated heterocycles. The van der Waals surface area contributed by atoms with Crippen LogP contribution in [0.5, 0.6) is 0 Å². The van der Waals surface area contributed by atoms with Gasteiger partial charge in [0, 0.05) is 6.42 Å². The van der Waals surface area contributed by atoms with E-state index in [4.69, 9.17) is 28.4 Å². The number of ether oxygens (including phenoxy) is 6. The standard InChI is InChI=1S/C94H163NO18/c1-3-5-7-9-11-13-15-17-19-21-23-25-27-29-31-33-35-36-37-38-39-40-42-44-46-48-50-52-54-56-58-60-62-64-66-68-70-72-82(100)95-77(78(99)71-69-67-65-63-61-59-57-55-53-51-49-47-45-43-41-34-32-30-28-26-24-22-20-18-16-14-12-10-8-6-4-2)76-108-92-88(106)85(103)90(80(74-97)110-92)113-94-89(107)86(104)91(81(75-98)111-94)112-93-87(105)84(102)83(101)79(73-96)109-93/h5,7,11,13,17,19,23,25,29,31,35-36,38-39,42,44,61,63,69,71,77-81,83-94,96-99,101-107H,3-4,6,8-10,12,14-16,18,20-22,24,26-28,30,32-34,37,40-41,43,45-60,62,64-68,70,72-76H2,1-2H3,(H,95,100)/b7-5-,13-11-,19-17-,25-23-,31-29-,36-35-,39-38-,44-42-,63-61+,71-69+. The third-order valence-electron chi connectivity index (χ3n) is 21.7. The lowest BCUT2D eigenvalue weighted by Gasteiger charge is -2.48. The average Bonchev–Trinajstić information content (AvgIpc) is 0.779. The van der Waals surface area contributed by atoms with Gasteiger partial charge in [0.1, 0.15) is 73.2 Å². The van der Waals surface area contributed by atoms with Gasteiger partial charge >= 0.3 is 0 Å². The Morgan fingerprint density at radius 2 is 0.619 bits per heavy atom. The molecule has 0 radical (unpaired) electrons. The Morgan fingerprint density at radius 1 is 0.327 bits per heavy atom. The summed E-state index contributed by atoms with van der Waals surface area (Å²) in [5.41, 5.74) is 0. The van der Waals surface area contributed by atoms with E-state index in [1.54, 1.807) is 6.08 Å². The van der Waals surface area contributed by atoms with E-state index >= 15 is 0 Å². The minimum absolute atomic E-state index is 0.227. The summed E-state index contributed by atoms with van der Waals surface area (Å²) in [6, 6.07) is -1.00. The van der Waals surface area contributed by atoms with Crippen LogP contribution in [0.3, 0.4) is 0 Å². The maximum Gasteiger partial charge on any atom is 0.220 e. The molecule has 3 aliphatic rings. The first-order chi connectivity index (χ1) is 55.3. The molecule has 3 aliphatic heterocycles. The Morgan fingerprint density at radius 3 is 0.991 bits per heavy atom. The highest BCUT2D eigenvalue weighted by Gasteiger charge is 2.54. The zero-order valence-electron chi connectivity index (χ0n) is 70.3. The highest BCUT2D eigenvalue weighted by atomic mass is 16.8. The fourth-order valence-electron chi connectivity index (χ4n) is 14.6. The molecule has 0 aromatic rings. The molecule has 3 fully saturated rings. The fraction of sp³-hybridized carbons (Fsp3) is 0.777. The van der Waals surface area contributed by atoms with Gasteiger partial charge < -0.3 is 89.9 Å². The third-order valence-corrected chi connectivity index (χ3v) is 21.7. The number of nitrogens with one attached hydrogen (secondary N) is 1. The lowest BCUT2D eigenvalue weighted by atomic mass is 9.96. The molecule has 0 spiro atoms. The zero-order chi connectivity index (χ0) is 81.7. The zero-order valence-corrected chi connectivity index (χ0v) is 70.3. The lowest BCUT2D eigenvalue weighted by molar-refractivity contribution is -0.379. The van der Waals surface area contributed by atoms with Gasteiger partial charge in [-0.2, -0.15) is 0 Å². The van der Waals surface area contributed by atoms with Crippen LogP contribution in [-0.4, -0.2) is 193 Å². The van der Waals surface area contributed by atoms with Crippen LogP contribution in [0.4, 0.5) is 0 Å². The van der Waals surface area contributed by atoms with Crippen molar-refractivity contribution >= 4 is 5.91 Å². The molecule has 0 aromatic carbocycles. The molecule has 113 heavy (non-hydrogen) atoms. The number of allylic oxidation sites excluding steroid dienone is 19. The Balaban J connectivity index is 1.34. The summed E-state index contributed by atoms with van der Waals surface area (Å²) in [6.07, 6.45) is 76.3. The topological polar surface area (TPSA) is 307 Å². The van der Waals surface area contributed by atoms with Crippen molar-refractivity contribution in [3.8, 4) is 0 Å². The van der Waals surface area contributed by atoms with Gasteiger partial charge in [-0.1, -0.05) is 354 Å². The Hall–Kier alpha value is -3.81. The summed E-state index contributed by atoms with van der Waals surface area (Å²) in [6.45, 7) is 1.64. The smallest absolute Gasteiger partial charge is 0.220 e. The second-order valence-corrected chi connectivity index (χ2v) is 31.7. The van der Waals surface area contributed by atoms with E-state index in [-0.39, 0.29) is 18.9 Å². The maximum absolute atomic E-state index is 13.5. The molecule has 3 heterocycles. The first-order valence-corrected chi connectivity index (χ1v) is 45.3. The van der Waals surface area contributed by atoms with Crippen LogP contribution in [0, 0.1) is 0 Å². The van der Waals surface area contributed by atoms with Gasteiger partial charge in [0.2, 0.25) is 5.91 Å². The van der Waals surface area contributed by atoms with E-state index in [1.807, 2.05) is 6.08 Å². The molecule has 12 N–H and O–H groups in total. The predicted molar refractivity (Wildman–Crippen MR) is 457 cm³/mol. The molecule has 17 atom stereocenters. The van der Waals surface area contributed by atoms with Gasteiger partial charge in [-0.3, -0.25) is 4.79 Å². The minimum Gasteiger partial charge on any atom is -0.394 e. The monoisotopic (exact) mass is 1590 g/mol. The van der Waals surface area contributed by atoms with Gasteiger partial charge in [-0.05, 0) is 96.3 Å². The molecule has 652 valence electrons. The number of aliphatic hydroxyl groups excluding tert-OH is 11. The first-order valence-electron chi connectivity index (χ1n) is 45.3. The summed E-state index contributed by atoms with van der Waals surface area (Å²) in [7, 11) is 0. The molecule has 19 heteroatoms. The Labute approximate surface area is 684 Å². The van der Waals surface area contributed by atoms with Crippen LogP contribution in [0.25, 0.3) is 0 Å². The molecule has 0 aliphatic carbocycles. The van der Waals surface area contributed by atoms with Gasteiger partial charge in [-0.25, -0.2) is 0 Å². The maximum atomic E-state index is 13.5. The summed E-state index contributed by atoms with van der Waals surface area (Å²) < 4.78 is 34.5. The summed E-state index contributed by atoms with van der Waals surface area (Å²) >= 11 is 0. The van der Waals surface area contributed by atoms with Gasteiger partial charge in [0.05, 0.1) is 38.6 Å². The van der Waals surface area contributed by atoms with Crippen LogP contribution in [0.2, 0.25) is 0 Å². The molecular weight excluding hydrogens is 1430 g/mol. The van der Waals surface area contributed by atoms with Crippen molar-refractivity contribution in [2.24, 2.45) is 0 Å². The molecule has 0 saturated carbocycles. The van der Waals surface area contributed by atoms with E-state index in [2.05, 4.69) is 129 Å². The largest absolute Gasteiger partial charge is 0.394 e. The van der Waals surface area contributed by atoms with E-state index in [0.717, 1.165) is 103 Å². The predicted octanol–water partition coefficient (Wildman–Crippen LogP) is 17.4. The molecule has 3 rings (SSSR count). The van der Waals surface area contributed by atoms with Crippen molar-refractivity contribution in [3.63, 3.8) is 0 Å². The van der Waals surface area contributed by atoms with Crippen LogP contribution in [0.1, 0.15) is 335 Å². The third kappa shape index (κ3) is 50.7. The average molecular weight is 1600 g/mol. The Kier molecular flexibility index (Phi) is 66.1. The molecule has 17 unspecified atom stereocenters. The van der Waals surface area contributed by atoms with Crippen LogP contribution in [0.15, 0.2) is 122 Å². The summed E-state index contributed by atoms with van der Waals surface area (Å²) in [4.78, 5) is 13.5. The van der Waals surface area contributed by atoms with E-state index in [0.29, 0.717) is 12.8 Å².